The van der Waals surface area contributed by atoms with Crippen molar-refractivity contribution >= 4 is 11.6 Å². The molecule has 1 aliphatic rings. The molecule has 0 spiro atoms. The minimum atomic E-state index is -0.0513. The van der Waals surface area contributed by atoms with Gasteiger partial charge in [-0.05, 0) is 44.4 Å². The van der Waals surface area contributed by atoms with E-state index in [1.165, 1.54) is 0 Å². The lowest BCUT2D eigenvalue weighted by atomic mass is 10.1. The third-order valence-electron chi connectivity index (χ3n) is 4.62. The third-order valence-corrected chi connectivity index (χ3v) is 4.62. The van der Waals surface area contributed by atoms with Gasteiger partial charge >= 0.3 is 0 Å². The lowest BCUT2D eigenvalue weighted by Gasteiger charge is -2.26. The number of hydrogen-bond donors (Lipinski definition) is 1. The number of ether oxygens (including phenoxy) is 1. The Kier molecular flexibility index (Phi) is 6.23. The van der Waals surface area contributed by atoms with Crippen LogP contribution in [-0.2, 0) is 11.3 Å². The van der Waals surface area contributed by atoms with E-state index < -0.39 is 0 Å². The first-order valence-electron chi connectivity index (χ1n) is 9.30. The van der Waals surface area contributed by atoms with Crippen molar-refractivity contribution < 1.29 is 9.53 Å². The van der Waals surface area contributed by atoms with Gasteiger partial charge in [0.25, 0.3) is 5.91 Å². The fraction of sp³-hybridized carbons (Fsp3) is 0.429. The molecule has 0 radical (unpaired) electrons. The minimum Gasteiger partial charge on any atom is -0.382 e. The van der Waals surface area contributed by atoms with E-state index in [1.54, 1.807) is 6.20 Å². The average molecular weight is 353 g/mol. The monoisotopic (exact) mass is 353 g/mol. The lowest BCUT2D eigenvalue weighted by molar-refractivity contribution is 0.0684. The molecule has 0 saturated carbocycles. The fourth-order valence-corrected chi connectivity index (χ4v) is 3.11. The highest BCUT2D eigenvalue weighted by Crippen LogP contribution is 2.17. The molecule has 2 heterocycles. The highest BCUT2D eigenvalue weighted by Gasteiger charge is 2.21. The molecule has 1 aromatic heterocycles. The molecule has 2 aromatic rings. The standard InChI is InChI=1S/C21H27N3O2/c1-16(2)24(15-17-7-4-3-5-8-17)21(25)20-13-18(10-11-22-20)23-14-19-9-6-12-26-19/h3-5,7-8,10-11,13,16,19H,6,9,12,14-15H2,1-2H3,(H,22,23). The highest BCUT2D eigenvalue weighted by atomic mass is 16.5. The van der Waals surface area contributed by atoms with Gasteiger partial charge in [-0.15, -0.1) is 0 Å². The first-order chi connectivity index (χ1) is 12.6. The summed E-state index contributed by atoms with van der Waals surface area (Å²) in [6.45, 7) is 6.23. The number of rotatable bonds is 7. The molecule has 5 heteroatoms. The van der Waals surface area contributed by atoms with Crippen LogP contribution in [0.4, 0.5) is 5.69 Å². The van der Waals surface area contributed by atoms with E-state index >= 15 is 0 Å². The lowest BCUT2D eigenvalue weighted by Crippen LogP contribution is -2.36. The molecule has 5 nitrogen and oxygen atoms in total. The molecule has 1 aliphatic heterocycles. The van der Waals surface area contributed by atoms with Gasteiger partial charge in [-0.3, -0.25) is 9.78 Å². The number of hydrogen-bond acceptors (Lipinski definition) is 4. The van der Waals surface area contributed by atoms with E-state index in [-0.39, 0.29) is 18.1 Å². The zero-order valence-corrected chi connectivity index (χ0v) is 15.5. The summed E-state index contributed by atoms with van der Waals surface area (Å²) in [7, 11) is 0. The highest BCUT2D eigenvalue weighted by molar-refractivity contribution is 5.93. The van der Waals surface area contributed by atoms with Crippen LogP contribution in [0.15, 0.2) is 48.7 Å². The molecule has 3 rings (SSSR count). The van der Waals surface area contributed by atoms with Crippen LogP contribution in [0.1, 0.15) is 42.7 Å². The predicted octanol–water partition coefficient (Wildman–Crippen LogP) is 3.72. The second kappa shape index (κ2) is 8.81. The molecule has 138 valence electrons. The van der Waals surface area contributed by atoms with E-state index in [2.05, 4.69) is 10.3 Å². The molecule has 1 saturated heterocycles. The maximum Gasteiger partial charge on any atom is 0.273 e. The van der Waals surface area contributed by atoms with Gasteiger partial charge in [-0.1, -0.05) is 30.3 Å². The zero-order chi connectivity index (χ0) is 18.4. The van der Waals surface area contributed by atoms with Gasteiger partial charge in [-0.2, -0.15) is 0 Å². The Labute approximate surface area is 155 Å². The molecule has 26 heavy (non-hydrogen) atoms. The molecular formula is C21H27N3O2. The molecule has 1 aromatic carbocycles. The maximum atomic E-state index is 13.0. The molecular weight excluding hydrogens is 326 g/mol. The Morgan fingerprint density at radius 1 is 1.31 bits per heavy atom. The van der Waals surface area contributed by atoms with Crippen LogP contribution < -0.4 is 5.32 Å². The maximum absolute atomic E-state index is 13.0. The van der Waals surface area contributed by atoms with Crippen molar-refractivity contribution in [2.24, 2.45) is 0 Å². The second-order valence-electron chi connectivity index (χ2n) is 6.96. The van der Waals surface area contributed by atoms with Gasteiger partial charge < -0.3 is 15.0 Å². The number of amides is 1. The van der Waals surface area contributed by atoms with Crippen LogP contribution in [0.3, 0.4) is 0 Å². The number of nitrogens with one attached hydrogen (secondary N) is 1. The number of carbonyl (C=O) groups is 1. The Bertz CT molecular complexity index is 712. The summed E-state index contributed by atoms with van der Waals surface area (Å²) < 4.78 is 5.64. The van der Waals surface area contributed by atoms with Crippen LogP contribution >= 0.6 is 0 Å². The summed E-state index contributed by atoms with van der Waals surface area (Å²) in [5.41, 5.74) is 2.48. The Morgan fingerprint density at radius 3 is 2.81 bits per heavy atom. The molecule has 1 amide bonds. The molecule has 0 bridgehead atoms. The molecule has 1 fully saturated rings. The van der Waals surface area contributed by atoms with Crippen molar-refractivity contribution in [1.82, 2.24) is 9.88 Å². The van der Waals surface area contributed by atoms with Gasteiger partial charge in [0.1, 0.15) is 5.69 Å². The van der Waals surface area contributed by atoms with Gasteiger partial charge in [0.15, 0.2) is 0 Å². The van der Waals surface area contributed by atoms with Gasteiger partial charge in [-0.25, -0.2) is 0 Å². The van der Waals surface area contributed by atoms with E-state index in [4.69, 9.17) is 4.74 Å². The van der Waals surface area contributed by atoms with E-state index in [9.17, 15) is 4.79 Å². The summed E-state index contributed by atoms with van der Waals surface area (Å²) in [4.78, 5) is 19.2. The number of pyridine rings is 1. The number of anilines is 1. The first-order valence-corrected chi connectivity index (χ1v) is 9.30. The summed E-state index contributed by atoms with van der Waals surface area (Å²) in [6.07, 6.45) is 4.15. The SMILES string of the molecule is CC(C)N(Cc1ccccc1)C(=O)c1cc(NCC2CCCO2)ccn1. The van der Waals surface area contributed by atoms with Crippen LogP contribution in [0.5, 0.6) is 0 Å². The average Bonchev–Trinajstić information content (AvgIpc) is 3.18. The number of carbonyl (C=O) groups excluding carboxylic acids is 1. The van der Waals surface area contributed by atoms with Crippen molar-refractivity contribution in [3.05, 3.63) is 59.9 Å². The minimum absolute atomic E-state index is 0.0513. The van der Waals surface area contributed by atoms with Gasteiger partial charge in [0.05, 0.1) is 6.10 Å². The number of benzene rings is 1. The Hall–Kier alpha value is -2.40. The first kappa shape index (κ1) is 18.4. The Balaban J connectivity index is 1.69. The zero-order valence-electron chi connectivity index (χ0n) is 15.5. The van der Waals surface area contributed by atoms with Crippen LogP contribution in [-0.4, -0.2) is 41.1 Å². The molecule has 0 aliphatic carbocycles. The van der Waals surface area contributed by atoms with E-state index in [1.807, 2.05) is 61.2 Å². The number of aromatic nitrogens is 1. The largest absolute Gasteiger partial charge is 0.382 e. The van der Waals surface area contributed by atoms with Crippen molar-refractivity contribution in [2.45, 2.75) is 45.4 Å². The Morgan fingerprint density at radius 2 is 2.12 bits per heavy atom. The summed E-state index contributed by atoms with van der Waals surface area (Å²) in [6, 6.07) is 13.9. The normalized spacial score (nSPS) is 16.7. The van der Waals surface area contributed by atoms with Gasteiger partial charge in [0, 0.05) is 37.6 Å². The van der Waals surface area contributed by atoms with Crippen LogP contribution in [0.25, 0.3) is 0 Å². The quantitative estimate of drug-likeness (QED) is 0.824. The van der Waals surface area contributed by atoms with Crippen molar-refractivity contribution in [1.29, 1.82) is 0 Å². The van der Waals surface area contributed by atoms with Crippen LogP contribution in [0.2, 0.25) is 0 Å². The summed E-state index contributed by atoms with van der Waals surface area (Å²) >= 11 is 0. The molecule has 1 unspecified atom stereocenters. The van der Waals surface area contributed by atoms with Crippen LogP contribution in [0, 0.1) is 0 Å². The second-order valence-corrected chi connectivity index (χ2v) is 6.96. The topological polar surface area (TPSA) is 54.5 Å². The van der Waals surface area contributed by atoms with E-state index in [0.717, 1.165) is 37.2 Å². The van der Waals surface area contributed by atoms with Crippen molar-refractivity contribution in [3.8, 4) is 0 Å². The van der Waals surface area contributed by atoms with Crippen molar-refractivity contribution in [3.63, 3.8) is 0 Å². The van der Waals surface area contributed by atoms with E-state index in [0.29, 0.717) is 12.2 Å². The van der Waals surface area contributed by atoms with Gasteiger partial charge in [0.2, 0.25) is 0 Å². The third kappa shape index (κ3) is 4.82. The smallest absolute Gasteiger partial charge is 0.273 e. The number of nitrogens with zero attached hydrogens (tertiary/aromatic N) is 2. The summed E-state index contributed by atoms with van der Waals surface area (Å²) in [5.74, 6) is -0.0513. The predicted molar refractivity (Wildman–Crippen MR) is 103 cm³/mol. The fourth-order valence-electron chi connectivity index (χ4n) is 3.11. The van der Waals surface area contributed by atoms with Crippen molar-refractivity contribution in [2.75, 3.05) is 18.5 Å². The summed E-state index contributed by atoms with van der Waals surface area (Å²) in [5, 5.41) is 3.36. The molecule has 1 N–H and O–H groups in total. The molecule has 1 atom stereocenters.